The van der Waals surface area contributed by atoms with Crippen molar-refractivity contribution in [2.75, 3.05) is 7.11 Å². The Morgan fingerprint density at radius 2 is 2.00 bits per heavy atom. The van der Waals surface area contributed by atoms with E-state index in [0.29, 0.717) is 23.4 Å². The summed E-state index contributed by atoms with van der Waals surface area (Å²) in [7, 11) is 1.60. The minimum absolute atomic E-state index is 0.123. The number of carbonyl (C=O) groups excluding carboxylic acids is 1. The third-order valence-corrected chi connectivity index (χ3v) is 4.19. The molecule has 28 heavy (non-hydrogen) atoms. The normalized spacial score (nSPS) is 10.9. The van der Waals surface area contributed by atoms with Crippen LogP contribution in [0.2, 0.25) is 0 Å². The van der Waals surface area contributed by atoms with Gasteiger partial charge in [-0.2, -0.15) is 4.98 Å². The van der Waals surface area contributed by atoms with Crippen LogP contribution in [0.5, 0.6) is 5.75 Å². The van der Waals surface area contributed by atoms with Gasteiger partial charge in [0.2, 0.25) is 5.82 Å². The number of methoxy groups -OCH3 is 1. The summed E-state index contributed by atoms with van der Waals surface area (Å²) in [6.07, 6.45) is 0. The number of ether oxygens (including phenoxy) is 2. The molecule has 0 aliphatic heterocycles. The molecule has 2 aromatic heterocycles. The van der Waals surface area contributed by atoms with E-state index in [0.717, 1.165) is 16.8 Å². The third kappa shape index (κ3) is 3.41. The molecule has 142 valence electrons. The molecule has 0 unspecified atom stereocenters. The van der Waals surface area contributed by atoms with Crippen LogP contribution in [0.15, 0.2) is 47.0 Å². The predicted octanol–water partition coefficient (Wildman–Crippen LogP) is 2.87. The molecule has 4 aromatic rings. The lowest BCUT2D eigenvalue weighted by atomic mass is 10.2. The second-order valence-electron chi connectivity index (χ2n) is 5.93. The van der Waals surface area contributed by atoms with Crippen molar-refractivity contribution in [2.24, 2.45) is 0 Å². The molecule has 9 nitrogen and oxygen atoms in total. The molecule has 0 aliphatic rings. The first kappa shape index (κ1) is 17.7. The quantitative estimate of drug-likeness (QED) is 0.471. The van der Waals surface area contributed by atoms with Crippen molar-refractivity contribution < 1.29 is 18.8 Å². The van der Waals surface area contributed by atoms with Crippen LogP contribution in [0.3, 0.4) is 0 Å². The number of rotatable bonds is 6. The fourth-order valence-corrected chi connectivity index (χ4v) is 2.71. The Kier molecular flexibility index (Phi) is 4.71. The maximum atomic E-state index is 12.3. The third-order valence-electron chi connectivity index (χ3n) is 4.19. The van der Waals surface area contributed by atoms with Crippen LogP contribution in [-0.4, -0.2) is 38.2 Å². The number of hydrogen-bond acceptors (Lipinski definition) is 8. The number of aromatic nitrogens is 5. The van der Waals surface area contributed by atoms with Crippen molar-refractivity contribution in [1.29, 1.82) is 0 Å². The molecule has 0 radical (unpaired) electrons. The summed E-state index contributed by atoms with van der Waals surface area (Å²) in [6, 6.07) is 12.4. The number of benzene rings is 2. The molecule has 0 N–H and O–H groups in total. The first-order chi connectivity index (χ1) is 13.7. The van der Waals surface area contributed by atoms with Gasteiger partial charge in [0.1, 0.15) is 11.3 Å². The Hall–Kier alpha value is -3.75. The van der Waals surface area contributed by atoms with E-state index >= 15 is 0 Å². The van der Waals surface area contributed by atoms with E-state index in [4.69, 9.17) is 14.0 Å². The van der Waals surface area contributed by atoms with Crippen molar-refractivity contribution in [2.45, 2.75) is 20.1 Å². The minimum Gasteiger partial charge on any atom is -0.497 e. The van der Waals surface area contributed by atoms with Crippen molar-refractivity contribution in [3.63, 3.8) is 0 Å². The van der Waals surface area contributed by atoms with Crippen LogP contribution < -0.4 is 4.74 Å². The topological polar surface area (TPSA) is 105 Å². The van der Waals surface area contributed by atoms with E-state index in [1.54, 1.807) is 42.1 Å². The molecular formula is C19H17N5O4. The molecule has 0 spiro atoms. The lowest BCUT2D eigenvalue weighted by Gasteiger charge is -2.02. The number of esters is 1. The minimum atomic E-state index is -0.503. The number of aryl methyl sites for hydroxylation is 1. The maximum absolute atomic E-state index is 12.3. The monoisotopic (exact) mass is 379 g/mol. The Labute approximate surface area is 159 Å². The molecule has 0 bridgehead atoms. The zero-order valence-corrected chi connectivity index (χ0v) is 15.3. The number of carbonyl (C=O) groups is 1. The van der Waals surface area contributed by atoms with Crippen LogP contribution in [-0.2, 0) is 17.9 Å². The second kappa shape index (κ2) is 7.47. The zero-order chi connectivity index (χ0) is 19.5. The van der Waals surface area contributed by atoms with Gasteiger partial charge in [-0.3, -0.25) is 0 Å². The van der Waals surface area contributed by atoms with Gasteiger partial charge >= 0.3 is 5.97 Å². The Morgan fingerprint density at radius 3 is 2.75 bits per heavy atom. The molecule has 0 amide bonds. The largest absolute Gasteiger partial charge is 0.497 e. The summed E-state index contributed by atoms with van der Waals surface area (Å²) in [6.45, 7) is 2.55. The number of hydrogen-bond donors (Lipinski definition) is 0. The van der Waals surface area contributed by atoms with E-state index in [1.807, 2.05) is 19.1 Å². The average molecular weight is 379 g/mol. The Morgan fingerprint density at radius 1 is 1.18 bits per heavy atom. The van der Waals surface area contributed by atoms with Gasteiger partial charge in [-0.1, -0.05) is 10.4 Å². The standard InChI is InChI=1S/C19H17N5O4/c1-3-24-16-9-6-13(10-15(16)21-23-24)19(25)27-11-17-20-18(22-28-17)12-4-7-14(26-2)8-5-12/h4-10H,3,11H2,1-2H3. The predicted molar refractivity (Wildman–Crippen MR) is 98.6 cm³/mol. The van der Waals surface area contributed by atoms with Crippen molar-refractivity contribution in [3.05, 3.63) is 53.9 Å². The molecule has 4 rings (SSSR count). The summed E-state index contributed by atoms with van der Waals surface area (Å²) in [5, 5.41) is 12.0. The fourth-order valence-electron chi connectivity index (χ4n) is 2.71. The lowest BCUT2D eigenvalue weighted by molar-refractivity contribution is 0.0430. The highest BCUT2D eigenvalue weighted by atomic mass is 16.6. The summed E-state index contributed by atoms with van der Waals surface area (Å²) in [5.74, 6) is 0.845. The maximum Gasteiger partial charge on any atom is 0.338 e. The second-order valence-corrected chi connectivity index (χ2v) is 5.93. The van der Waals surface area contributed by atoms with Crippen LogP contribution >= 0.6 is 0 Å². The zero-order valence-electron chi connectivity index (χ0n) is 15.3. The van der Waals surface area contributed by atoms with Gasteiger partial charge in [-0.25, -0.2) is 9.48 Å². The smallest absolute Gasteiger partial charge is 0.338 e. The molecule has 2 heterocycles. The van der Waals surface area contributed by atoms with E-state index in [9.17, 15) is 4.79 Å². The van der Waals surface area contributed by atoms with Gasteiger partial charge in [-0.15, -0.1) is 5.10 Å². The van der Waals surface area contributed by atoms with Gasteiger partial charge in [0.05, 0.1) is 18.2 Å². The molecule has 9 heteroatoms. The SMILES string of the molecule is CCn1nnc2cc(C(=O)OCc3nc(-c4ccc(OC)cc4)no3)ccc21. The fraction of sp³-hybridized carbons (Fsp3) is 0.211. The molecular weight excluding hydrogens is 362 g/mol. The summed E-state index contributed by atoms with van der Waals surface area (Å²) >= 11 is 0. The van der Waals surface area contributed by atoms with E-state index < -0.39 is 5.97 Å². The van der Waals surface area contributed by atoms with E-state index in [2.05, 4.69) is 20.5 Å². The van der Waals surface area contributed by atoms with Crippen LogP contribution in [0, 0.1) is 0 Å². The highest BCUT2D eigenvalue weighted by molar-refractivity contribution is 5.93. The molecule has 2 aromatic carbocycles. The van der Waals surface area contributed by atoms with Crippen LogP contribution in [0.25, 0.3) is 22.4 Å². The van der Waals surface area contributed by atoms with Crippen LogP contribution in [0.1, 0.15) is 23.2 Å². The van der Waals surface area contributed by atoms with Gasteiger partial charge in [-0.05, 0) is 49.4 Å². The van der Waals surface area contributed by atoms with Gasteiger partial charge < -0.3 is 14.0 Å². The number of fused-ring (bicyclic) bond motifs is 1. The molecule has 0 aliphatic carbocycles. The number of nitrogens with zero attached hydrogens (tertiary/aromatic N) is 5. The van der Waals surface area contributed by atoms with Gasteiger partial charge in [0, 0.05) is 12.1 Å². The van der Waals surface area contributed by atoms with E-state index in [-0.39, 0.29) is 12.5 Å². The molecule has 0 saturated carbocycles. The average Bonchev–Trinajstić information content (AvgIpc) is 3.38. The van der Waals surface area contributed by atoms with Crippen molar-refractivity contribution in [1.82, 2.24) is 25.1 Å². The van der Waals surface area contributed by atoms with Gasteiger partial charge in [0.15, 0.2) is 6.61 Å². The summed E-state index contributed by atoms with van der Waals surface area (Å²) in [4.78, 5) is 16.5. The summed E-state index contributed by atoms with van der Waals surface area (Å²) in [5.41, 5.74) is 2.65. The lowest BCUT2D eigenvalue weighted by Crippen LogP contribution is -2.05. The Bertz CT molecular complexity index is 1120. The Balaban J connectivity index is 1.43. The van der Waals surface area contributed by atoms with Crippen molar-refractivity contribution >= 4 is 17.0 Å². The first-order valence-electron chi connectivity index (χ1n) is 8.65. The van der Waals surface area contributed by atoms with Crippen molar-refractivity contribution in [3.8, 4) is 17.1 Å². The summed E-state index contributed by atoms with van der Waals surface area (Å²) < 4.78 is 17.3. The first-order valence-corrected chi connectivity index (χ1v) is 8.65. The van der Waals surface area contributed by atoms with Crippen LogP contribution in [0.4, 0.5) is 0 Å². The molecule has 0 atom stereocenters. The van der Waals surface area contributed by atoms with Gasteiger partial charge in [0.25, 0.3) is 5.89 Å². The van der Waals surface area contributed by atoms with E-state index in [1.165, 1.54) is 0 Å². The highest BCUT2D eigenvalue weighted by Gasteiger charge is 2.14. The molecule has 0 saturated heterocycles. The molecule has 0 fully saturated rings. The highest BCUT2D eigenvalue weighted by Crippen LogP contribution is 2.20.